The van der Waals surface area contributed by atoms with E-state index in [4.69, 9.17) is 30.5 Å². The molecule has 0 aliphatic carbocycles. The monoisotopic (exact) mass is 566 g/mol. The summed E-state index contributed by atoms with van der Waals surface area (Å²) in [6.45, 7) is 0.899. The van der Waals surface area contributed by atoms with Gasteiger partial charge in [-0.05, 0) is 64.0 Å². The normalized spacial score (nSPS) is 10.8. The van der Waals surface area contributed by atoms with Crippen LogP contribution in [0.2, 0.25) is 5.02 Å². The smallest absolute Gasteiger partial charge is 0.174 e. The quantitative estimate of drug-likeness (QED) is 0.195. The van der Waals surface area contributed by atoms with Crippen molar-refractivity contribution in [1.82, 2.24) is 5.43 Å². The second-order valence-corrected chi connectivity index (χ2v) is 8.27. The van der Waals surface area contributed by atoms with Gasteiger partial charge in [-0.3, -0.25) is 0 Å². The van der Waals surface area contributed by atoms with E-state index in [1.54, 1.807) is 27.5 Å². The first-order valence-corrected chi connectivity index (χ1v) is 11.2. The van der Waals surface area contributed by atoms with E-state index in [-0.39, 0.29) is 0 Å². The second kappa shape index (κ2) is 11.8. The predicted molar refractivity (Wildman–Crippen MR) is 135 cm³/mol. The highest BCUT2D eigenvalue weighted by atomic mass is 127. The van der Waals surface area contributed by atoms with Crippen LogP contribution in [0.25, 0.3) is 0 Å². The zero-order valence-corrected chi connectivity index (χ0v) is 20.9. The van der Waals surface area contributed by atoms with Gasteiger partial charge in [-0.25, -0.2) is 0 Å². The lowest BCUT2D eigenvalue weighted by Gasteiger charge is -2.14. The van der Waals surface area contributed by atoms with Crippen molar-refractivity contribution in [3.8, 4) is 23.0 Å². The molecule has 0 spiro atoms. The van der Waals surface area contributed by atoms with Gasteiger partial charge in [0.05, 0.1) is 37.7 Å². The summed E-state index contributed by atoms with van der Waals surface area (Å²) in [5, 5.41) is 4.99. The highest BCUT2D eigenvalue weighted by Crippen LogP contribution is 2.34. The summed E-state index contributed by atoms with van der Waals surface area (Å²) in [4.78, 5) is 0. The standard InChI is InChI=1S/C24H24ClIN2O4/c1-29-21-9-8-16(11-22(21)30-2)13-27-28-14-17-10-20(26)24(23(12-17)31-3)32-15-18-6-4-5-7-19(18)25/h4-12,14,27H,13,15H2,1-3H3/b28-14+. The third-order valence-corrected chi connectivity index (χ3v) is 5.79. The fourth-order valence-electron chi connectivity index (χ4n) is 2.97. The Bertz CT molecular complexity index is 1090. The van der Waals surface area contributed by atoms with Gasteiger partial charge in [-0.1, -0.05) is 35.9 Å². The van der Waals surface area contributed by atoms with Gasteiger partial charge in [-0.2, -0.15) is 5.10 Å². The maximum Gasteiger partial charge on any atom is 0.174 e. The summed E-state index contributed by atoms with van der Waals surface area (Å²) in [6, 6.07) is 17.2. The van der Waals surface area contributed by atoms with Crippen LogP contribution in [0, 0.1) is 3.57 Å². The van der Waals surface area contributed by atoms with Crippen molar-refractivity contribution in [3.05, 3.63) is 79.9 Å². The Hall–Kier alpha value is -2.65. The number of benzene rings is 3. The summed E-state index contributed by atoms with van der Waals surface area (Å²) >= 11 is 8.45. The molecule has 0 radical (unpaired) electrons. The number of hydrogen-bond donors (Lipinski definition) is 1. The van der Waals surface area contributed by atoms with Crippen molar-refractivity contribution in [2.24, 2.45) is 5.10 Å². The fourth-order valence-corrected chi connectivity index (χ4v) is 3.94. The largest absolute Gasteiger partial charge is 0.493 e. The molecule has 32 heavy (non-hydrogen) atoms. The van der Waals surface area contributed by atoms with Crippen LogP contribution in [0.1, 0.15) is 16.7 Å². The molecule has 1 N–H and O–H groups in total. The number of ether oxygens (including phenoxy) is 4. The number of hydrogen-bond acceptors (Lipinski definition) is 6. The van der Waals surface area contributed by atoms with Gasteiger partial charge in [0.25, 0.3) is 0 Å². The van der Waals surface area contributed by atoms with Crippen molar-refractivity contribution in [2.75, 3.05) is 21.3 Å². The van der Waals surface area contributed by atoms with Crippen LogP contribution < -0.4 is 24.4 Å². The van der Waals surface area contributed by atoms with Crippen molar-refractivity contribution >= 4 is 40.4 Å². The lowest BCUT2D eigenvalue weighted by atomic mass is 10.2. The average Bonchev–Trinajstić information content (AvgIpc) is 2.81. The van der Waals surface area contributed by atoms with Crippen molar-refractivity contribution in [3.63, 3.8) is 0 Å². The van der Waals surface area contributed by atoms with Gasteiger partial charge in [0.2, 0.25) is 0 Å². The van der Waals surface area contributed by atoms with Crippen LogP contribution in [0.15, 0.2) is 59.7 Å². The molecular formula is C24H24ClIN2O4. The van der Waals surface area contributed by atoms with Gasteiger partial charge in [-0.15, -0.1) is 0 Å². The first kappa shape index (κ1) is 24.0. The molecule has 0 bridgehead atoms. The van der Waals surface area contributed by atoms with Crippen LogP contribution in [-0.2, 0) is 13.2 Å². The number of rotatable bonds is 10. The topological polar surface area (TPSA) is 61.3 Å². The molecule has 0 atom stereocenters. The Morgan fingerprint density at radius 1 is 0.938 bits per heavy atom. The molecule has 8 heteroatoms. The second-order valence-electron chi connectivity index (χ2n) is 6.70. The van der Waals surface area contributed by atoms with E-state index in [0.29, 0.717) is 41.2 Å². The minimum absolute atomic E-state index is 0.354. The summed E-state index contributed by atoms with van der Waals surface area (Å²) in [7, 11) is 4.84. The molecule has 3 rings (SSSR count). The molecule has 0 aliphatic rings. The van der Waals surface area contributed by atoms with Gasteiger partial charge in [0.1, 0.15) is 6.61 Å². The van der Waals surface area contributed by atoms with Crippen molar-refractivity contribution in [1.29, 1.82) is 0 Å². The molecule has 0 aromatic heterocycles. The van der Waals surface area contributed by atoms with E-state index >= 15 is 0 Å². The van der Waals surface area contributed by atoms with Gasteiger partial charge >= 0.3 is 0 Å². The predicted octanol–water partition coefficient (Wildman–Crippen LogP) is 5.67. The summed E-state index contributed by atoms with van der Waals surface area (Å²) in [5.74, 6) is 2.68. The molecule has 6 nitrogen and oxygen atoms in total. The Morgan fingerprint density at radius 3 is 2.41 bits per heavy atom. The summed E-state index contributed by atoms with van der Waals surface area (Å²) in [5.41, 5.74) is 5.87. The van der Waals surface area contributed by atoms with Gasteiger partial charge in [0, 0.05) is 10.6 Å². The molecular weight excluding hydrogens is 543 g/mol. The van der Waals surface area contributed by atoms with Crippen molar-refractivity contribution < 1.29 is 18.9 Å². The van der Waals surface area contributed by atoms with Crippen LogP contribution in [-0.4, -0.2) is 27.5 Å². The molecule has 0 saturated heterocycles. The van der Waals surface area contributed by atoms with Gasteiger partial charge in [0.15, 0.2) is 23.0 Å². The Morgan fingerprint density at radius 2 is 1.69 bits per heavy atom. The summed E-state index contributed by atoms with van der Waals surface area (Å²) in [6.07, 6.45) is 1.74. The maximum absolute atomic E-state index is 6.23. The van der Waals surface area contributed by atoms with E-state index in [0.717, 1.165) is 20.3 Å². The number of hydrazone groups is 1. The Balaban J connectivity index is 1.65. The molecule has 0 saturated carbocycles. The molecule has 0 amide bonds. The zero-order chi connectivity index (χ0) is 22.9. The first-order chi connectivity index (χ1) is 15.5. The third kappa shape index (κ3) is 6.20. The number of halogens is 2. The highest BCUT2D eigenvalue weighted by molar-refractivity contribution is 14.1. The Labute approximate surface area is 206 Å². The minimum atomic E-state index is 0.354. The highest BCUT2D eigenvalue weighted by Gasteiger charge is 2.12. The van der Waals surface area contributed by atoms with E-state index in [2.05, 4.69) is 33.1 Å². The molecule has 168 valence electrons. The molecule has 3 aromatic rings. The number of methoxy groups -OCH3 is 3. The van der Waals surface area contributed by atoms with Crippen LogP contribution in [0.5, 0.6) is 23.0 Å². The lowest BCUT2D eigenvalue weighted by molar-refractivity contribution is 0.282. The van der Waals surface area contributed by atoms with E-state index in [1.807, 2.05) is 54.6 Å². The average molecular weight is 567 g/mol. The van der Waals surface area contributed by atoms with E-state index in [1.165, 1.54) is 0 Å². The fraction of sp³-hybridized carbons (Fsp3) is 0.208. The number of nitrogens with zero attached hydrogens (tertiary/aromatic N) is 1. The maximum atomic E-state index is 6.23. The third-order valence-electron chi connectivity index (χ3n) is 4.62. The molecule has 0 aliphatic heterocycles. The van der Waals surface area contributed by atoms with Crippen LogP contribution >= 0.6 is 34.2 Å². The first-order valence-electron chi connectivity index (χ1n) is 9.76. The SMILES string of the molecule is COc1ccc(CN/N=C/c2cc(I)c(OCc3ccccc3Cl)c(OC)c2)cc1OC. The zero-order valence-electron chi connectivity index (χ0n) is 18.0. The lowest BCUT2D eigenvalue weighted by Crippen LogP contribution is -2.06. The molecule has 0 heterocycles. The van der Waals surface area contributed by atoms with Crippen molar-refractivity contribution in [2.45, 2.75) is 13.2 Å². The summed E-state index contributed by atoms with van der Waals surface area (Å²) < 4.78 is 23.0. The molecule has 3 aromatic carbocycles. The van der Waals surface area contributed by atoms with E-state index in [9.17, 15) is 0 Å². The molecule has 0 fully saturated rings. The van der Waals surface area contributed by atoms with Crippen LogP contribution in [0.4, 0.5) is 0 Å². The molecule has 0 unspecified atom stereocenters. The van der Waals surface area contributed by atoms with Gasteiger partial charge < -0.3 is 24.4 Å². The Kier molecular flexibility index (Phi) is 8.87. The minimum Gasteiger partial charge on any atom is -0.493 e. The number of nitrogens with one attached hydrogen (secondary N) is 1. The van der Waals surface area contributed by atoms with E-state index < -0.39 is 0 Å². The van der Waals surface area contributed by atoms with Crippen LogP contribution in [0.3, 0.4) is 0 Å².